The van der Waals surface area contributed by atoms with Crippen LogP contribution < -0.4 is 10.1 Å². The van der Waals surface area contributed by atoms with E-state index >= 15 is 0 Å². The van der Waals surface area contributed by atoms with Gasteiger partial charge in [0, 0.05) is 12.1 Å². The topological polar surface area (TPSA) is 64.1 Å². The summed E-state index contributed by atoms with van der Waals surface area (Å²) in [5, 5.41) is 12.0. The minimum Gasteiger partial charge on any atom is -0.435 e. The molecule has 0 aliphatic carbocycles. The Hall–Kier alpha value is -2.52. The largest absolute Gasteiger partial charge is 0.435 e. The fourth-order valence-corrected chi connectivity index (χ4v) is 3.79. The second kappa shape index (κ2) is 9.43. The standard InChI is InChI=1S/C18H15F2N3O2S2/c19-16(20)25-14-8-6-13(7-9-14)15(24)11-26-18-23-22-17(27-18)21-10-12-4-2-1-3-5-12/h1-9,16H,10-11H2,(H,21,22). The van der Waals surface area contributed by atoms with E-state index in [1.165, 1.54) is 47.4 Å². The van der Waals surface area contributed by atoms with Crippen molar-refractivity contribution < 1.29 is 18.3 Å². The van der Waals surface area contributed by atoms with Crippen LogP contribution in [0.25, 0.3) is 0 Å². The molecular formula is C18H15F2N3O2S2. The average molecular weight is 407 g/mol. The lowest BCUT2D eigenvalue weighted by Crippen LogP contribution is -2.04. The number of nitrogens with zero attached hydrogens (tertiary/aromatic N) is 2. The number of hydrogen-bond acceptors (Lipinski definition) is 7. The van der Waals surface area contributed by atoms with Crippen molar-refractivity contribution in [2.45, 2.75) is 17.5 Å². The van der Waals surface area contributed by atoms with Crippen LogP contribution in [0.5, 0.6) is 5.75 Å². The second-order valence-corrected chi connectivity index (χ2v) is 7.53. The number of halogens is 2. The van der Waals surface area contributed by atoms with Gasteiger partial charge < -0.3 is 10.1 Å². The molecule has 1 aromatic heterocycles. The number of aromatic nitrogens is 2. The number of ether oxygens (including phenoxy) is 1. The van der Waals surface area contributed by atoms with Crippen LogP contribution in [0.15, 0.2) is 58.9 Å². The van der Waals surface area contributed by atoms with Crippen molar-refractivity contribution in [1.29, 1.82) is 0 Å². The third kappa shape index (κ3) is 6.00. The highest BCUT2D eigenvalue weighted by Gasteiger charge is 2.11. The minimum absolute atomic E-state index is 0.0208. The third-order valence-electron chi connectivity index (χ3n) is 3.42. The number of thioether (sulfide) groups is 1. The van der Waals surface area contributed by atoms with E-state index in [1.807, 2.05) is 30.3 Å². The predicted molar refractivity (Wildman–Crippen MR) is 102 cm³/mol. The number of carbonyl (C=O) groups excluding carboxylic acids is 1. The monoisotopic (exact) mass is 407 g/mol. The Morgan fingerprint density at radius 1 is 1.11 bits per heavy atom. The number of rotatable bonds is 9. The zero-order valence-corrected chi connectivity index (χ0v) is 15.6. The fraction of sp³-hybridized carbons (Fsp3) is 0.167. The summed E-state index contributed by atoms with van der Waals surface area (Å²) in [6.07, 6.45) is 0. The van der Waals surface area contributed by atoms with E-state index in [0.29, 0.717) is 21.6 Å². The van der Waals surface area contributed by atoms with Gasteiger partial charge in [-0.1, -0.05) is 53.4 Å². The molecule has 0 bridgehead atoms. The van der Waals surface area contributed by atoms with Crippen molar-refractivity contribution in [2.24, 2.45) is 0 Å². The molecule has 0 aliphatic heterocycles. The molecule has 27 heavy (non-hydrogen) atoms. The van der Waals surface area contributed by atoms with Gasteiger partial charge in [0.05, 0.1) is 5.75 Å². The normalized spacial score (nSPS) is 10.8. The van der Waals surface area contributed by atoms with E-state index in [2.05, 4.69) is 20.3 Å². The maximum atomic E-state index is 12.2. The molecule has 5 nitrogen and oxygen atoms in total. The molecule has 0 spiro atoms. The van der Waals surface area contributed by atoms with E-state index in [1.54, 1.807) is 0 Å². The molecule has 0 radical (unpaired) electrons. The number of nitrogens with one attached hydrogen (secondary N) is 1. The van der Waals surface area contributed by atoms with Crippen molar-refractivity contribution >= 4 is 34.0 Å². The highest BCUT2D eigenvalue weighted by Crippen LogP contribution is 2.26. The van der Waals surface area contributed by atoms with Crippen molar-refractivity contribution in [3.8, 4) is 5.75 Å². The third-order valence-corrected chi connectivity index (χ3v) is 5.44. The smallest absolute Gasteiger partial charge is 0.387 e. The number of hydrogen-bond donors (Lipinski definition) is 1. The lowest BCUT2D eigenvalue weighted by atomic mass is 10.1. The Kier molecular flexibility index (Phi) is 6.72. The van der Waals surface area contributed by atoms with Crippen LogP contribution in [-0.2, 0) is 6.54 Å². The molecule has 2 aromatic carbocycles. The second-order valence-electron chi connectivity index (χ2n) is 5.33. The Morgan fingerprint density at radius 2 is 1.85 bits per heavy atom. The Labute approximate surface area is 162 Å². The highest BCUT2D eigenvalue weighted by atomic mass is 32.2. The number of benzene rings is 2. The summed E-state index contributed by atoms with van der Waals surface area (Å²) in [5.74, 6) is 0.0765. The molecule has 140 valence electrons. The summed E-state index contributed by atoms with van der Waals surface area (Å²) in [4.78, 5) is 12.2. The van der Waals surface area contributed by atoms with E-state index < -0.39 is 6.61 Å². The quantitative estimate of drug-likeness (QED) is 0.409. The Balaban J connectivity index is 1.48. The number of Topliss-reactive ketones (excluding diaryl/α,β-unsaturated/α-hetero) is 1. The number of ketones is 1. The molecular weight excluding hydrogens is 392 g/mol. The van der Waals surface area contributed by atoms with Crippen LogP contribution in [0, 0.1) is 0 Å². The van der Waals surface area contributed by atoms with E-state index in [-0.39, 0.29) is 17.3 Å². The molecule has 0 atom stereocenters. The molecule has 3 aromatic rings. The van der Waals surface area contributed by atoms with Gasteiger partial charge in [0.25, 0.3) is 0 Å². The van der Waals surface area contributed by atoms with Gasteiger partial charge in [-0.25, -0.2) is 0 Å². The molecule has 0 saturated carbocycles. The van der Waals surface area contributed by atoms with Gasteiger partial charge >= 0.3 is 6.61 Å². The SMILES string of the molecule is O=C(CSc1nnc(NCc2ccccc2)s1)c1ccc(OC(F)F)cc1. The van der Waals surface area contributed by atoms with Crippen LogP contribution in [-0.4, -0.2) is 28.3 Å². The molecule has 0 aliphatic rings. The van der Waals surface area contributed by atoms with Gasteiger partial charge in [-0.3, -0.25) is 4.79 Å². The Bertz CT molecular complexity index is 874. The van der Waals surface area contributed by atoms with Crippen molar-refractivity contribution in [2.75, 3.05) is 11.1 Å². The summed E-state index contributed by atoms with van der Waals surface area (Å²) in [7, 11) is 0. The van der Waals surface area contributed by atoms with Gasteiger partial charge in [-0.05, 0) is 29.8 Å². The summed E-state index contributed by atoms with van der Waals surface area (Å²) in [6.45, 7) is -2.24. The summed E-state index contributed by atoms with van der Waals surface area (Å²) in [5.41, 5.74) is 1.56. The summed E-state index contributed by atoms with van der Waals surface area (Å²) >= 11 is 2.66. The average Bonchev–Trinajstić information content (AvgIpc) is 3.13. The molecule has 1 N–H and O–H groups in total. The zero-order valence-electron chi connectivity index (χ0n) is 14.0. The van der Waals surface area contributed by atoms with Crippen LogP contribution in [0.1, 0.15) is 15.9 Å². The lowest BCUT2D eigenvalue weighted by Gasteiger charge is -2.05. The van der Waals surface area contributed by atoms with E-state index in [0.717, 1.165) is 5.56 Å². The van der Waals surface area contributed by atoms with Gasteiger partial charge in [0.15, 0.2) is 10.1 Å². The number of anilines is 1. The van der Waals surface area contributed by atoms with Gasteiger partial charge in [-0.15, -0.1) is 10.2 Å². The molecule has 0 amide bonds. The first-order valence-electron chi connectivity index (χ1n) is 7.92. The minimum atomic E-state index is -2.88. The predicted octanol–water partition coefficient (Wildman–Crippen LogP) is 4.73. The van der Waals surface area contributed by atoms with Gasteiger partial charge in [0.2, 0.25) is 5.13 Å². The number of alkyl halides is 2. The number of carbonyl (C=O) groups is 1. The van der Waals surface area contributed by atoms with Crippen molar-refractivity contribution in [3.05, 3.63) is 65.7 Å². The maximum Gasteiger partial charge on any atom is 0.387 e. The first kappa shape index (κ1) is 19.2. The fourth-order valence-electron chi connectivity index (χ4n) is 2.15. The van der Waals surface area contributed by atoms with E-state index in [9.17, 15) is 13.6 Å². The summed E-state index contributed by atoms with van der Waals surface area (Å²) in [6, 6.07) is 15.5. The molecule has 0 saturated heterocycles. The maximum absolute atomic E-state index is 12.2. The van der Waals surface area contributed by atoms with Crippen LogP contribution in [0.2, 0.25) is 0 Å². The molecule has 3 rings (SSSR count). The van der Waals surface area contributed by atoms with Gasteiger partial charge in [0.1, 0.15) is 5.75 Å². The summed E-state index contributed by atoms with van der Waals surface area (Å²) < 4.78 is 29.2. The first-order chi connectivity index (χ1) is 13.1. The molecule has 9 heteroatoms. The molecule has 0 fully saturated rings. The first-order valence-corrected chi connectivity index (χ1v) is 9.72. The van der Waals surface area contributed by atoms with Crippen LogP contribution in [0.4, 0.5) is 13.9 Å². The van der Waals surface area contributed by atoms with Crippen LogP contribution in [0.3, 0.4) is 0 Å². The van der Waals surface area contributed by atoms with Crippen molar-refractivity contribution in [1.82, 2.24) is 10.2 Å². The Morgan fingerprint density at radius 3 is 2.56 bits per heavy atom. The molecule has 0 unspecified atom stereocenters. The highest BCUT2D eigenvalue weighted by molar-refractivity contribution is 8.01. The lowest BCUT2D eigenvalue weighted by molar-refractivity contribution is -0.0498. The molecule has 1 heterocycles. The zero-order chi connectivity index (χ0) is 19.1. The van der Waals surface area contributed by atoms with E-state index in [4.69, 9.17) is 0 Å². The van der Waals surface area contributed by atoms with Crippen molar-refractivity contribution in [3.63, 3.8) is 0 Å². The van der Waals surface area contributed by atoms with Crippen LogP contribution >= 0.6 is 23.1 Å². The van der Waals surface area contributed by atoms with Gasteiger partial charge in [-0.2, -0.15) is 8.78 Å².